The largest absolute Gasteiger partial charge is 0.478 e. The zero-order valence-corrected chi connectivity index (χ0v) is 7.98. The van der Waals surface area contributed by atoms with Gasteiger partial charge in [0.2, 0.25) is 0 Å². The lowest BCUT2D eigenvalue weighted by Gasteiger charge is -2.07. The number of rotatable bonds is 2. The second-order valence-electron chi connectivity index (χ2n) is 3.23. The highest BCUT2D eigenvalue weighted by molar-refractivity contribution is 5.89. The predicted molar refractivity (Wildman–Crippen MR) is 50.0 cm³/mol. The summed E-state index contributed by atoms with van der Waals surface area (Å²) in [6, 6.07) is 3.21. The average Bonchev–Trinajstić information content (AvgIpc) is 2.16. The number of pyridine rings is 1. The molecule has 0 fully saturated rings. The van der Waals surface area contributed by atoms with Crippen LogP contribution in [0.4, 0.5) is 0 Å². The van der Waals surface area contributed by atoms with Gasteiger partial charge in [0.1, 0.15) is 6.07 Å². The summed E-state index contributed by atoms with van der Waals surface area (Å²) in [7, 11) is 0. The monoisotopic (exact) mass is 190 g/mol. The second-order valence-corrected chi connectivity index (χ2v) is 3.23. The van der Waals surface area contributed by atoms with Crippen LogP contribution in [0, 0.1) is 11.3 Å². The Labute approximate surface area is 81.8 Å². The Morgan fingerprint density at radius 2 is 2.29 bits per heavy atom. The van der Waals surface area contributed by atoms with Crippen LogP contribution in [0.5, 0.6) is 0 Å². The Bertz CT molecular complexity index is 405. The maximum Gasteiger partial charge on any atom is 0.337 e. The molecule has 1 heterocycles. The molecule has 0 saturated heterocycles. The summed E-state index contributed by atoms with van der Waals surface area (Å²) in [6.07, 6.45) is 1.39. The number of carbonyl (C=O) groups is 1. The Morgan fingerprint density at radius 1 is 1.64 bits per heavy atom. The number of aromatic nitrogens is 1. The van der Waals surface area contributed by atoms with E-state index < -0.39 is 5.97 Å². The van der Waals surface area contributed by atoms with Crippen LogP contribution in [0.15, 0.2) is 12.3 Å². The molecule has 0 unspecified atom stereocenters. The predicted octanol–water partition coefficient (Wildman–Crippen LogP) is 1.77. The fourth-order valence-electron chi connectivity index (χ4n) is 1.17. The molecule has 0 saturated carbocycles. The van der Waals surface area contributed by atoms with Crippen molar-refractivity contribution < 1.29 is 9.90 Å². The molecule has 0 aliphatic carbocycles. The van der Waals surface area contributed by atoms with Crippen molar-refractivity contribution in [2.24, 2.45) is 0 Å². The first-order valence-corrected chi connectivity index (χ1v) is 4.19. The van der Waals surface area contributed by atoms with Crippen LogP contribution in [0.1, 0.15) is 41.4 Å². The first-order valence-electron chi connectivity index (χ1n) is 4.19. The molecule has 4 heteroatoms. The highest BCUT2D eigenvalue weighted by atomic mass is 16.4. The van der Waals surface area contributed by atoms with Crippen LogP contribution in [0.2, 0.25) is 0 Å². The number of carboxylic acid groups (broad SMARTS) is 1. The van der Waals surface area contributed by atoms with Crippen LogP contribution in [0.3, 0.4) is 0 Å². The van der Waals surface area contributed by atoms with Gasteiger partial charge in [0.25, 0.3) is 0 Å². The number of hydrogen-bond donors (Lipinski definition) is 1. The molecule has 0 aliphatic rings. The summed E-state index contributed by atoms with van der Waals surface area (Å²) in [5.41, 5.74) is 0.891. The minimum atomic E-state index is -1.04. The minimum Gasteiger partial charge on any atom is -0.478 e. The van der Waals surface area contributed by atoms with E-state index in [2.05, 4.69) is 4.98 Å². The fourth-order valence-corrected chi connectivity index (χ4v) is 1.17. The van der Waals surface area contributed by atoms with Gasteiger partial charge in [-0.1, -0.05) is 13.8 Å². The zero-order chi connectivity index (χ0) is 10.7. The molecule has 1 N–H and O–H groups in total. The Morgan fingerprint density at radius 3 is 2.71 bits per heavy atom. The summed E-state index contributed by atoms with van der Waals surface area (Å²) in [5, 5.41) is 17.5. The second kappa shape index (κ2) is 3.88. The van der Waals surface area contributed by atoms with E-state index in [1.54, 1.807) is 0 Å². The van der Waals surface area contributed by atoms with Gasteiger partial charge in [0.05, 0.1) is 16.8 Å². The van der Waals surface area contributed by atoms with Crippen molar-refractivity contribution in [2.75, 3.05) is 0 Å². The third kappa shape index (κ3) is 1.88. The van der Waals surface area contributed by atoms with E-state index in [1.807, 2.05) is 19.9 Å². The van der Waals surface area contributed by atoms with Gasteiger partial charge < -0.3 is 5.11 Å². The van der Waals surface area contributed by atoms with E-state index in [0.717, 1.165) is 0 Å². The molecule has 0 bridgehead atoms. The number of nitrogens with zero attached hydrogens (tertiary/aromatic N) is 2. The molecular formula is C10H10N2O2. The van der Waals surface area contributed by atoms with Crippen LogP contribution in [0.25, 0.3) is 0 Å². The molecule has 72 valence electrons. The van der Waals surface area contributed by atoms with Crippen molar-refractivity contribution >= 4 is 5.97 Å². The third-order valence-corrected chi connectivity index (χ3v) is 1.82. The van der Waals surface area contributed by atoms with Crippen molar-refractivity contribution in [2.45, 2.75) is 19.8 Å². The SMILES string of the molecule is CC(C)c1ncc(C#N)cc1C(=O)O. The Balaban J connectivity index is 3.33. The van der Waals surface area contributed by atoms with Crippen molar-refractivity contribution in [3.05, 3.63) is 29.1 Å². The molecule has 0 aromatic carbocycles. The van der Waals surface area contributed by atoms with E-state index in [4.69, 9.17) is 10.4 Å². The first kappa shape index (κ1) is 10.2. The summed E-state index contributed by atoms with van der Waals surface area (Å²) in [5.74, 6) is -1.01. The summed E-state index contributed by atoms with van der Waals surface area (Å²) < 4.78 is 0. The highest BCUT2D eigenvalue weighted by Crippen LogP contribution is 2.17. The van der Waals surface area contributed by atoms with Gasteiger partial charge in [-0.2, -0.15) is 5.26 Å². The maximum absolute atomic E-state index is 10.8. The lowest BCUT2D eigenvalue weighted by atomic mass is 10.0. The molecule has 0 spiro atoms. The van der Waals surface area contributed by atoms with Crippen molar-refractivity contribution in [1.29, 1.82) is 5.26 Å². The van der Waals surface area contributed by atoms with Crippen molar-refractivity contribution in [1.82, 2.24) is 4.98 Å². The lowest BCUT2D eigenvalue weighted by Crippen LogP contribution is -2.06. The van der Waals surface area contributed by atoms with Crippen LogP contribution >= 0.6 is 0 Å². The molecule has 1 rings (SSSR count). The standard InChI is InChI=1S/C10H10N2O2/c1-6(2)9-8(10(13)14)3-7(4-11)5-12-9/h3,5-6H,1-2H3,(H,13,14). The molecule has 14 heavy (non-hydrogen) atoms. The molecule has 0 radical (unpaired) electrons. The van der Waals surface area contributed by atoms with Gasteiger partial charge in [0, 0.05) is 6.20 Å². The van der Waals surface area contributed by atoms with E-state index in [9.17, 15) is 4.79 Å². The Kier molecular flexibility index (Phi) is 2.82. The van der Waals surface area contributed by atoms with Gasteiger partial charge in [-0.15, -0.1) is 0 Å². The highest BCUT2D eigenvalue weighted by Gasteiger charge is 2.14. The van der Waals surface area contributed by atoms with Crippen LogP contribution in [-0.4, -0.2) is 16.1 Å². The lowest BCUT2D eigenvalue weighted by molar-refractivity contribution is 0.0694. The van der Waals surface area contributed by atoms with Gasteiger partial charge in [-0.25, -0.2) is 4.79 Å². The Hall–Kier alpha value is -1.89. The summed E-state index contributed by atoms with van der Waals surface area (Å²) in [6.45, 7) is 3.72. The van der Waals surface area contributed by atoms with E-state index in [1.165, 1.54) is 12.3 Å². The summed E-state index contributed by atoms with van der Waals surface area (Å²) >= 11 is 0. The van der Waals surface area contributed by atoms with E-state index >= 15 is 0 Å². The first-order chi connectivity index (χ1) is 6.56. The molecule has 4 nitrogen and oxygen atoms in total. The quantitative estimate of drug-likeness (QED) is 0.771. The van der Waals surface area contributed by atoms with Gasteiger partial charge in [-0.05, 0) is 12.0 Å². The molecule has 1 aromatic heterocycles. The maximum atomic E-state index is 10.8. The van der Waals surface area contributed by atoms with Gasteiger partial charge in [-0.3, -0.25) is 4.98 Å². The topological polar surface area (TPSA) is 74.0 Å². The van der Waals surface area contributed by atoms with E-state index in [-0.39, 0.29) is 17.0 Å². The average molecular weight is 190 g/mol. The molecule has 0 aliphatic heterocycles. The van der Waals surface area contributed by atoms with Crippen LogP contribution in [-0.2, 0) is 0 Å². The van der Waals surface area contributed by atoms with Crippen LogP contribution < -0.4 is 0 Å². The normalized spacial score (nSPS) is 9.86. The van der Waals surface area contributed by atoms with Crippen molar-refractivity contribution in [3.8, 4) is 6.07 Å². The third-order valence-electron chi connectivity index (χ3n) is 1.82. The number of nitriles is 1. The molecule has 0 atom stereocenters. The fraction of sp³-hybridized carbons (Fsp3) is 0.300. The van der Waals surface area contributed by atoms with Gasteiger partial charge >= 0.3 is 5.97 Å². The molecular weight excluding hydrogens is 180 g/mol. The molecule has 1 aromatic rings. The minimum absolute atomic E-state index is 0.0360. The van der Waals surface area contributed by atoms with Gasteiger partial charge in [0.15, 0.2) is 0 Å². The zero-order valence-electron chi connectivity index (χ0n) is 7.98. The van der Waals surface area contributed by atoms with Crippen molar-refractivity contribution in [3.63, 3.8) is 0 Å². The smallest absolute Gasteiger partial charge is 0.337 e. The number of carboxylic acids is 1. The van der Waals surface area contributed by atoms with E-state index in [0.29, 0.717) is 5.69 Å². The summed E-state index contributed by atoms with van der Waals surface area (Å²) in [4.78, 5) is 14.8. The number of aromatic carboxylic acids is 1. The molecule has 0 amide bonds. The number of hydrogen-bond acceptors (Lipinski definition) is 3.